The molecule has 1 fully saturated rings. The molecule has 0 spiro atoms. The smallest absolute Gasteiger partial charge is 0.419 e. The lowest BCUT2D eigenvalue weighted by Gasteiger charge is -2.23. The molecule has 36 heavy (non-hydrogen) atoms. The maximum absolute atomic E-state index is 13.6. The number of para-hydroxylation sites is 1. The van der Waals surface area contributed by atoms with Crippen molar-refractivity contribution in [2.24, 2.45) is 5.10 Å². The summed E-state index contributed by atoms with van der Waals surface area (Å²) in [6, 6.07) is 16.2. The molecule has 1 aliphatic rings. The fourth-order valence-electron chi connectivity index (χ4n) is 4.87. The highest BCUT2D eigenvalue weighted by Gasteiger charge is 2.29. The Bertz CT molecular complexity index is 1220. The lowest BCUT2D eigenvalue weighted by molar-refractivity contribution is 0.0539. The second-order valence-corrected chi connectivity index (χ2v) is 10.3. The monoisotopic (exact) mass is 491 g/mol. The molecule has 0 radical (unpaired) electrons. The van der Waals surface area contributed by atoms with Crippen LogP contribution in [0.4, 0.5) is 4.79 Å². The predicted octanol–water partition coefficient (Wildman–Crippen LogP) is 6.03. The van der Waals surface area contributed by atoms with Crippen molar-refractivity contribution in [2.75, 3.05) is 27.4 Å². The van der Waals surface area contributed by atoms with Crippen LogP contribution in [0.15, 0.2) is 53.6 Å². The molecule has 2 atom stereocenters. The molecule has 1 saturated heterocycles. The lowest BCUT2D eigenvalue weighted by Crippen LogP contribution is -2.29. The highest BCUT2D eigenvalue weighted by Crippen LogP contribution is 2.35. The molecule has 1 aliphatic heterocycles. The molecule has 0 N–H and O–H groups in total. The van der Waals surface area contributed by atoms with Crippen LogP contribution in [0, 0.1) is 0 Å². The number of fused-ring (bicyclic) bond motifs is 1. The van der Waals surface area contributed by atoms with Gasteiger partial charge in [-0.2, -0.15) is 5.10 Å². The normalized spacial score (nSPS) is 17.2. The molecule has 0 bridgehead atoms. The van der Waals surface area contributed by atoms with E-state index < -0.39 is 11.7 Å². The second-order valence-electron chi connectivity index (χ2n) is 10.3. The van der Waals surface area contributed by atoms with Gasteiger partial charge in [0, 0.05) is 36.2 Å². The molecular formula is C29H37N3O4. The predicted molar refractivity (Wildman–Crippen MR) is 143 cm³/mol. The van der Waals surface area contributed by atoms with Crippen LogP contribution in [-0.4, -0.2) is 60.9 Å². The summed E-state index contributed by atoms with van der Waals surface area (Å²) < 4.78 is 18.3. The van der Waals surface area contributed by atoms with Gasteiger partial charge >= 0.3 is 6.09 Å². The van der Waals surface area contributed by atoms with Crippen LogP contribution in [0.3, 0.4) is 0 Å². The molecule has 0 saturated carbocycles. The van der Waals surface area contributed by atoms with Gasteiger partial charge in [-0.1, -0.05) is 37.3 Å². The molecule has 0 amide bonds. The van der Waals surface area contributed by atoms with E-state index in [-0.39, 0.29) is 12.0 Å². The van der Waals surface area contributed by atoms with Gasteiger partial charge in [0.2, 0.25) is 0 Å². The van der Waals surface area contributed by atoms with Crippen LogP contribution in [-0.2, 0) is 9.47 Å². The Hall–Kier alpha value is -3.32. The van der Waals surface area contributed by atoms with E-state index in [1.807, 2.05) is 75.5 Å². The highest BCUT2D eigenvalue weighted by molar-refractivity contribution is 6.05. The number of rotatable bonds is 7. The number of carbonyl (C=O) groups is 1. The van der Waals surface area contributed by atoms with Gasteiger partial charge in [0.1, 0.15) is 11.4 Å². The molecule has 192 valence electrons. The van der Waals surface area contributed by atoms with Crippen LogP contribution in [0.5, 0.6) is 5.75 Å². The number of nitrogens with zero attached hydrogens (tertiary/aromatic N) is 3. The van der Waals surface area contributed by atoms with E-state index in [2.05, 4.69) is 11.9 Å². The first-order valence-electron chi connectivity index (χ1n) is 12.5. The number of benzene rings is 2. The number of ether oxygens (including phenoxy) is 3. The van der Waals surface area contributed by atoms with Crippen LogP contribution >= 0.6 is 0 Å². The van der Waals surface area contributed by atoms with Crippen molar-refractivity contribution in [1.82, 2.24) is 9.58 Å². The standard InChI is InChI=1S/C29H37N3O4/c1-20(21-13-15-23(35-6)16-14-21)27-25(18-30-31-17-9-10-22(31)19-34-5)24-11-7-8-12-26(24)32(27)28(33)36-29(2,3)4/h7-8,11-16,18,20,22H,9-10,17,19H2,1-6H3/b30-18+/t20-,22+/m1/s1. The number of aromatic nitrogens is 1. The number of methoxy groups -OCH3 is 2. The van der Waals surface area contributed by atoms with Crippen LogP contribution in [0.2, 0.25) is 0 Å². The van der Waals surface area contributed by atoms with Crippen molar-refractivity contribution in [2.45, 2.75) is 58.1 Å². The fraction of sp³-hybridized carbons (Fsp3) is 0.448. The maximum Gasteiger partial charge on any atom is 0.419 e. The summed E-state index contributed by atoms with van der Waals surface area (Å²) in [5.41, 5.74) is 3.01. The Morgan fingerprint density at radius 3 is 2.53 bits per heavy atom. The Morgan fingerprint density at radius 1 is 1.14 bits per heavy atom. The van der Waals surface area contributed by atoms with Gasteiger partial charge in [0.15, 0.2) is 0 Å². The SMILES string of the molecule is COC[C@@H]1CCCN1/N=C/c1c([C@H](C)c2ccc(OC)cc2)n(C(=O)OC(C)(C)C)c2ccccc12. The van der Waals surface area contributed by atoms with Gasteiger partial charge in [-0.05, 0) is 57.4 Å². The summed E-state index contributed by atoms with van der Waals surface area (Å²) in [5, 5.41) is 7.96. The average Bonchev–Trinajstić information content (AvgIpc) is 3.43. The van der Waals surface area contributed by atoms with E-state index in [0.717, 1.165) is 52.9 Å². The van der Waals surface area contributed by atoms with Crippen molar-refractivity contribution in [3.8, 4) is 5.75 Å². The lowest BCUT2D eigenvalue weighted by atomic mass is 9.94. The zero-order chi connectivity index (χ0) is 25.9. The van der Waals surface area contributed by atoms with Gasteiger partial charge < -0.3 is 14.2 Å². The minimum Gasteiger partial charge on any atom is -0.497 e. The summed E-state index contributed by atoms with van der Waals surface area (Å²) in [4.78, 5) is 13.6. The summed E-state index contributed by atoms with van der Waals surface area (Å²) in [6.45, 7) is 9.29. The first-order valence-corrected chi connectivity index (χ1v) is 12.5. The molecule has 0 aliphatic carbocycles. The Morgan fingerprint density at radius 2 is 1.86 bits per heavy atom. The van der Waals surface area contributed by atoms with Crippen molar-refractivity contribution in [1.29, 1.82) is 0 Å². The van der Waals surface area contributed by atoms with Crippen LogP contribution in [0.25, 0.3) is 10.9 Å². The zero-order valence-electron chi connectivity index (χ0n) is 22.2. The second kappa shape index (κ2) is 10.7. The van der Waals surface area contributed by atoms with Gasteiger partial charge in [-0.25, -0.2) is 9.36 Å². The highest BCUT2D eigenvalue weighted by atomic mass is 16.6. The van der Waals surface area contributed by atoms with Crippen molar-refractivity contribution >= 4 is 23.2 Å². The molecule has 2 aromatic carbocycles. The van der Waals surface area contributed by atoms with Gasteiger partial charge in [0.25, 0.3) is 0 Å². The first-order chi connectivity index (χ1) is 17.2. The molecule has 4 rings (SSSR count). The van der Waals surface area contributed by atoms with E-state index >= 15 is 0 Å². The summed E-state index contributed by atoms with van der Waals surface area (Å²) in [7, 11) is 3.38. The minimum atomic E-state index is -0.625. The quantitative estimate of drug-likeness (QED) is 0.378. The average molecular weight is 492 g/mol. The Balaban J connectivity index is 1.87. The molecule has 3 aromatic rings. The molecule has 1 aromatic heterocycles. The van der Waals surface area contributed by atoms with Gasteiger partial charge in [-0.15, -0.1) is 0 Å². The van der Waals surface area contributed by atoms with Crippen molar-refractivity contribution < 1.29 is 19.0 Å². The van der Waals surface area contributed by atoms with Gasteiger partial charge in [0.05, 0.1) is 31.5 Å². The summed E-state index contributed by atoms with van der Waals surface area (Å²) in [5.74, 6) is 0.685. The number of hydrazone groups is 1. The number of carbonyl (C=O) groups excluding carboxylic acids is 1. The maximum atomic E-state index is 13.6. The van der Waals surface area contributed by atoms with Crippen LogP contribution < -0.4 is 4.74 Å². The topological polar surface area (TPSA) is 65.3 Å². The Labute approximate surface area is 213 Å². The number of hydrogen-bond donors (Lipinski definition) is 0. The van der Waals surface area contributed by atoms with Crippen molar-refractivity contribution in [3.05, 3.63) is 65.4 Å². The molecule has 0 unspecified atom stereocenters. The van der Waals surface area contributed by atoms with E-state index in [9.17, 15) is 4.79 Å². The van der Waals surface area contributed by atoms with Gasteiger partial charge in [-0.3, -0.25) is 5.01 Å². The fourth-order valence-corrected chi connectivity index (χ4v) is 4.87. The third-order valence-electron chi connectivity index (χ3n) is 6.59. The summed E-state index contributed by atoms with van der Waals surface area (Å²) in [6.07, 6.45) is 3.65. The zero-order valence-corrected chi connectivity index (χ0v) is 22.2. The van der Waals surface area contributed by atoms with E-state index in [1.165, 1.54) is 0 Å². The largest absolute Gasteiger partial charge is 0.497 e. The number of hydrogen-bond acceptors (Lipinski definition) is 6. The van der Waals surface area contributed by atoms with E-state index in [4.69, 9.17) is 19.3 Å². The molecule has 2 heterocycles. The third kappa shape index (κ3) is 5.41. The van der Waals surface area contributed by atoms with E-state index in [1.54, 1.807) is 18.8 Å². The van der Waals surface area contributed by atoms with Crippen molar-refractivity contribution in [3.63, 3.8) is 0 Å². The van der Waals surface area contributed by atoms with E-state index in [0.29, 0.717) is 6.61 Å². The Kier molecular flexibility index (Phi) is 7.69. The first kappa shape index (κ1) is 25.8. The molecular weight excluding hydrogens is 454 g/mol. The third-order valence-corrected chi connectivity index (χ3v) is 6.59. The summed E-state index contributed by atoms with van der Waals surface area (Å²) >= 11 is 0. The molecule has 7 heteroatoms. The minimum absolute atomic E-state index is 0.106. The van der Waals surface area contributed by atoms with Crippen LogP contribution in [0.1, 0.15) is 63.3 Å². The molecule has 7 nitrogen and oxygen atoms in total.